The van der Waals surface area contributed by atoms with E-state index in [-0.39, 0.29) is 11.7 Å². The second kappa shape index (κ2) is 5.35. The van der Waals surface area contributed by atoms with E-state index in [2.05, 4.69) is 0 Å². The Hall–Kier alpha value is -0.620. The fourth-order valence-corrected chi connectivity index (χ4v) is 4.12. The third kappa shape index (κ3) is 3.42. The Morgan fingerprint density at radius 3 is 2.53 bits per heavy atom. The van der Waals surface area contributed by atoms with Gasteiger partial charge in [0, 0.05) is 6.54 Å². The first kappa shape index (κ1) is 14.4. The smallest absolute Gasteiger partial charge is 0.322 e. The zero-order valence-electron chi connectivity index (χ0n) is 10.6. The molecule has 0 radical (unpaired) electrons. The molecule has 6 heteroatoms. The van der Waals surface area contributed by atoms with E-state index >= 15 is 0 Å². The van der Waals surface area contributed by atoms with Crippen LogP contribution in [0.2, 0.25) is 0 Å². The van der Waals surface area contributed by atoms with Crippen molar-refractivity contribution in [2.45, 2.75) is 39.7 Å². The Labute approximate surface area is 103 Å². The van der Waals surface area contributed by atoms with E-state index in [1.807, 2.05) is 13.8 Å². The normalized spacial score (nSPS) is 26.6. The minimum atomic E-state index is -3.43. The Balaban J connectivity index is 2.80. The van der Waals surface area contributed by atoms with Crippen LogP contribution in [0.1, 0.15) is 33.6 Å². The predicted octanol–water partition coefficient (Wildman–Crippen LogP) is 1.16. The first-order chi connectivity index (χ1) is 7.75. The number of aliphatic carboxylic acids is 1. The Kier molecular flexibility index (Phi) is 4.55. The van der Waals surface area contributed by atoms with Crippen LogP contribution in [0.3, 0.4) is 0 Å². The van der Waals surface area contributed by atoms with E-state index in [9.17, 15) is 13.2 Å². The van der Waals surface area contributed by atoms with E-state index in [0.29, 0.717) is 25.3 Å². The van der Waals surface area contributed by atoms with Crippen LogP contribution in [0, 0.1) is 11.8 Å². The van der Waals surface area contributed by atoms with Crippen LogP contribution in [-0.4, -0.2) is 42.1 Å². The lowest BCUT2D eigenvalue weighted by atomic mass is 10.0. The number of rotatable bonds is 5. The summed E-state index contributed by atoms with van der Waals surface area (Å²) in [6.07, 6.45) is 1.19. The summed E-state index contributed by atoms with van der Waals surface area (Å²) >= 11 is 0. The molecule has 2 unspecified atom stereocenters. The van der Waals surface area contributed by atoms with Crippen LogP contribution in [0.5, 0.6) is 0 Å². The molecule has 0 aromatic heterocycles. The highest BCUT2D eigenvalue weighted by Gasteiger charge is 2.42. The summed E-state index contributed by atoms with van der Waals surface area (Å²) in [5.41, 5.74) is 0. The predicted molar refractivity (Wildman–Crippen MR) is 65.2 cm³/mol. The molecule has 0 amide bonds. The van der Waals surface area contributed by atoms with Crippen molar-refractivity contribution in [3.05, 3.63) is 0 Å². The molecule has 100 valence electrons. The molecule has 0 spiro atoms. The Morgan fingerprint density at radius 1 is 1.47 bits per heavy atom. The molecule has 2 atom stereocenters. The second-order valence-corrected chi connectivity index (χ2v) is 7.20. The van der Waals surface area contributed by atoms with Crippen molar-refractivity contribution in [2.75, 3.05) is 12.3 Å². The monoisotopic (exact) mass is 263 g/mol. The zero-order valence-corrected chi connectivity index (χ0v) is 11.4. The van der Waals surface area contributed by atoms with Crippen molar-refractivity contribution in [3.63, 3.8) is 0 Å². The molecular formula is C11H21NO4S. The highest BCUT2D eigenvalue weighted by atomic mass is 32.2. The summed E-state index contributed by atoms with van der Waals surface area (Å²) in [4.78, 5) is 11.1. The van der Waals surface area contributed by atoms with Gasteiger partial charge in [-0.25, -0.2) is 8.42 Å². The van der Waals surface area contributed by atoms with Crippen LogP contribution in [0.4, 0.5) is 0 Å². The number of hydrogen-bond donors (Lipinski definition) is 1. The minimum Gasteiger partial charge on any atom is -0.480 e. The number of nitrogens with zero attached hydrogens (tertiary/aromatic N) is 1. The van der Waals surface area contributed by atoms with Crippen molar-refractivity contribution >= 4 is 16.0 Å². The molecule has 0 bridgehead atoms. The van der Waals surface area contributed by atoms with Gasteiger partial charge in [-0.3, -0.25) is 4.79 Å². The van der Waals surface area contributed by atoms with Crippen LogP contribution < -0.4 is 0 Å². The summed E-state index contributed by atoms with van der Waals surface area (Å²) in [5.74, 6) is -0.807. The number of carboxylic acids is 1. The van der Waals surface area contributed by atoms with Crippen LogP contribution in [-0.2, 0) is 14.8 Å². The Morgan fingerprint density at radius 2 is 2.06 bits per heavy atom. The van der Waals surface area contributed by atoms with E-state index in [1.54, 1.807) is 6.92 Å². The molecule has 1 aliphatic heterocycles. The van der Waals surface area contributed by atoms with Gasteiger partial charge < -0.3 is 5.11 Å². The van der Waals surface area contributed by atoms with E-state index in [4.69, 9.17) is 5.11 Å². The molecule has 0 aliphatic carbocycles. The fourth-order valence-electron chi connectivity index (χ4n) is 2.09. The fraction of sp³-hybridized carbons (Fsp3) is 0.909. The van der Waals surface area contributed by atoms with Crippen LogP contribution in [0.25, 0.3) is 0 Å². The third-order valence-corrected chi connectivity index (χ3v) is 5.09. The van der Waals surface area contributed by atoms with E-state index in [0.717, 1.165) is 0 Å². The lowest BCUT2D eigenvalue weighted by Gasteiger charge is -2.23. The lowest BCUT2D eigenvalue weighted by Crippen LogP contribution is -2.43. The third-order valence-electron chi connectivity index (χ3n) is 3.22. The van der Waals surface area contributed by atoms with Gasteiger partial charge in [-0.1, -0.05) is 20.8 Å². The number of hydrogen-bond acceptors (Lipinski definition) is 3. The highest BCUT2D eigenvalue weighted by Crippen LogP contribution is 2.27. The van der Waals surface area contributed by atoms with Crippen molar-refractivity contribution in [1.29, 1.82) is 0 Å². The Bertz CT molecular complexity index is 377. The topological polar surface area (TPSA) is 74.7 Å². The van der Waals surface area contributed by atoms with Crippen molar-refractivity contribution in [2.24, 2.45) is 11.8 Å². The molecule has 1 saturated heterocycles. The molecule has 1 rings (SSSR count). The number of sulfonamides is 1. The molecule has 5 nitrogen and oxygen atoms in total. The van der Waals surface area contributed by atoms with Gasteiger partial charge in [0.15, 0.2) is 0 Å². The first-order valence-electron chi connectivity index (χ1n) is 5.98. The molecular weight excluding hydrogens is 242 g/mol. The molecule has 17 heavy (non-hydrogen) atoms. The average Bonchev–Trinajstić information content (AvgIpc) is 2.58. The first-order valence-corrected chi connectivity index (χ1v) is 7.59. The van der Waals surface area contributed by atoms with E-state index < -0.39 is 22.0 Å². The number of carbonyl (C=O) groups is 1. The molecule has 1 fully saturated rings. The number of carboxylic acid groups (broad SMARTS) is 1. The average molecular weight is 263 g/mol. The maximum atomic E-state index is 12.1. The van der Waals surface area contributed by atoms with Crippen molar-refractivity contribution in [3.8, 4) is 0 Å². The van der Waals surface area contributed by atoms with E-state index in [1.165, 1.54) is 4.31 Å². The highest BCUT2D eigenvalue weighted by molar-refractivity contribution is 7.89. The molecule has 0 aromatic rings. The lowest BCUT2D eigenvalue weighted by molar-refractivity contribution is -0.141. The van der Waals surface area contributed by atoms with Gasteiger partial charge >= 0.3 is 5.97 Å². The van der Waals surface area contributed by atoms with Crippen molar-refractivity contribution < 1.29 is 18.3 Å². The summed E-state index contributed by atoms with van der Waals surface area (Å²) in [5, 5.41) is 9.09. The molecule has 0 saturated carbocycles. The standard InChI is InChI=1S/C11H21NO4S/c1-8(2)5-7-17(15,16)12-6-4-9(3)10(12)11(13)14/h8-10H,4-7H2,1-3H3,(H,13,14). The second-order valence-electron chi connectivity index (χ2n) is 5.16. The minimum absolute atomic E-state index is 0.0428. The quantitative estimate of drug-likeness (QED) is 0.807. The summed E-state index contributed by atoms with van der Waals surface area (Å²) in [6, 6.07) is -0.882. The van der Waals surface area contributed by atoms with Gasteiger partial charge in [0.05, 0.1) is 5.75 Å². The van der Waals surface area contributed by atoms with Gasteiger partial charge in [0.25, 0.3) is 0 Å². The van der Waals surface area contributed by atoms with Gasteiger partial charge in [-0.15, -0.1) is 0 Å². The van der Waals surface area contributed by atoms with Crippen LogP contribution in [0.15, 0.2) is 0 Å². The van der Waals surface area contributed by atoms with Gasteiger partial charge in [0.1, 0.15) is 6.04 Å². The maximum absolute atomic E-state index is 12.1. The SMILES string of the molecule is CC(C)CCS(=O)(=O)N1CCC(C)C1C(=O)O. The largest absolute Gasteiger partial charge is 0.480 e. The molecule has 1 aliphatic rings. The van der Waals surface area contributed by atoms with Crippen molar-refractivity contribution in [1.82, 2.24) is 4.31 Å². The molecule has 1 heterocycles. The maximum Gasteiger partial charge on any atom is 0.322 e. The zero-order chi connectivity index (χ0) is 13.2. The molecule has 1 N–H and O–H groups in total. The molecule has 0 aromatic carbocycles. The van der Waals surface area contributed by atoms with Crippen LogP contribution >= 0.6 is 0 Å². The van der Waals surface area contributed by atoms with Gasteiger partial charge in [-0.05, 0) is 24.7 Å². The summed E-state index contributed by atoms with van der Waals surface area (Å²) < 4.78 is 25.3. The van der Waals surface area contributed by atoms with Gasteiger partial charge in [-0.2, -0.15) is 4.31 Å². The summed E-state index contributed by atoms with van der Waals surface area (Å²) in [7, 11) is -3.43. The van der Waals surface area contributed by atoms with Gasteiger partial charge in [0.2, 0.25) is 10.0 Å². The summed E-state index contributed by atoms with van der Waals surface area (Å²) in [6.45, 7) is 6.03.